The highest BCUT2D eigenvalue weighted by atomic mass is 19.4. The Morgan fingerprint density at radius 3 is 2.46 bits per heavy atom. The van der Waals surface area contributed by atoms with Crippen molar-refractivity contribution in [2.24, 2.45) is 5.92 Å². The molecule has 5 nitrogen and oxygen atoms in total. The van der Waals surface area contributed by atoms with Gasteiger partial charge < -0.3 is 14.8 Å². The molecule has 28 heavy (non-hydrogen) atoms. The molecule has 2 aromatic rings. The summed E-state index contributed by atoms with van der Waals surface area (Å²) in [6, 6.07) is 6.79. The second-order valence-corrected chi connectivity index (χ2v) is 7.43. The van der Waals surface area contributed by atoms with Crippen LogP contribution in [-0.2, 0) is 12.7 Å². The molecule has 0 atom stereocenters. The van der Waals surface area contributed by atoms with Gasteiger partial charge in [0.2, 0.25) is 5.82 Å². The summed E-state index contributed by atoms with van der Waals surface area (Å²) >= 11 is 0. The van der Waals surface area contributed by atoms with E-state index >= 15 is 0 Å². The summed E-state index contributed by atoms with van der Waals surface area (Å²) in [7, 11) is 0. The first-order valence-corrected chi connectivity index (χ1v) is 9.91. The van der Waals surface area contributed by atoms with Gasteiger partial charge in [-0.2, -0.15) is 13.2 Å². The van der Waals surface area contributed by atoms with Gasteiger partial charge >= 0.3 is 12.2 Å². The normalized spacial score (nSPS) is 16.1. The van der Waals surface area contributed by atoms with Crippen LogP contribution in [0.2, 0.25) is 0 Å². The summed E-state index contributed by atoms with van der Waals surface area (Å²) in [5.41, 5.74) is 0.862. The molecule has 0 saturated carbocycles. The number of nitrogens with one attached hydrogen (secondary N) is 1. The molecule has 1 saturated heterocycles. The number of hydrogen-bond acceptors (Lipinski definition) is 2. The number of alkyl halides is 3. The first-order chi connectivity index (χ1) is 13.3. The Labute approximate surface area is 162 Å². The third kappa shape index (κ3) is 4.42. The van der Waals surface area contributed by atoms with Crippen molar-refractivity contribution in [3.8, 4) is 0 Å². The van der Waals surface area contributed by atoms with Crippen LogP contribution < -0.4 is 5.32 Å². The zero-order valence-electron chi connectivity index (χ0n) is 16.3. The number of carbonyl (C=O) groups is 1. The molecule has 1 fully saturated rings. The van der Waals surface area contributed by atoms with Crippen LogP contribution in [0.25, 0.3) is 11.0 Å². The third-order valence-corrected chi connectivity index (χ3v) is 5.56. The number of halogens is 3. The van der Waals surface area contributed by atoms with Gasteiger partial charge in [-0.3, -0.25) is 0 Å². The Bertz CT molecular complexity index is 805. The summed E-state index contributed by atoms with van der Waals surface area (Å²) in [5.74, 6) is -0.765. The van der Waals surface area contributed by atoms with Crippen molar-refractivity contribution in [3.05, 3.63) is 30.1 Å². The Morgan fingerprint density at radius 2 is 1.86 bits per heavy atom. The van der Waals surface area contributed by atoms with Gasteiger partial charge in [-0.15, -0.1) is 0 Å². The van der Waals surface area contributed by atoms with Crippen molar-refractivity contribution in [1.82, 2.24) is 19.8 Å². The van der Waals surface area contributed by atoms with Gasteiger partial charge in [-0.25, -0.2) is 9.78 Å². The SMILES string of the molecule is CCC(CC)NC(=O)N1CCC(Cn2c(C(F)(F)F)nc3ccccc32)CC1. The van der Waals surface area contributed by atoms with Crippen LogP contribution in [0.5, 0.6) is 0 Å². The number of aromatic nitrogens is 2. The van der Waals surface area contributed by atoms with Crippen molar-refractivity contribution in [3.63, 3.8) is 0 Å². The van der Waals surface area contributed by atoms with E-state index < -0.39 is 12.0 Å². The van der Waals surface area contributed by atoms with E-state index in [-0.39, 0.29) is 24.5 Å². The van der Waals surface area contributed by atoms with Gasteiger partial charge in [0.25, 0.3) is 0 Å². The average molecular weight is 396 g/mol. The molecule has 1 aromatic carbocycles. The number of fused-ring (bicyclic) bond motifs is 1. The van der Waals surface area contributed by atoms with Gasteiger partial charge in [-0.05, 0) is 43.7 Å². The van der Waals surface area contributed by atoms with E-state index in [2.05, 4.69) is 10.3 Å². The van der Waals surface area contributed by atoms with E-state index in [9.17, 15) is 18.0 Å². The Hall–Kier alpha value is -2.25. The molecule has 0 aliphatic carbocycles. The highest BCUT2D eigenvalue weighted by molar-refractivity contribution is 5.76. The molecule has 3 rings (SSSR count). The second-order valence-electron chi connectivity index (χ2n) is 7.43. The van der Waals surface area contributed by atoms with E-state index in [1.165, 1.54) is 4.57 Å². The number of amides is 2. The van der Waals surface area contributed by atoms with Crippen molar-refractivity contribution >= 4 is 17.1 Å². The van der Waals surface area contributed by atoms with Crippen molar-refractivity contribution in [2.75, 3.05) is 13.1 Å². The first kappa shape index (κ1) is 20.5. The van der Waals surface area contributed by atoms with Crippen LogP contribution in [0.1, 0.15) is 45.4 Å². The molecule has 1 aliphatic rings. The highest BCUT2D eigenvalue weighted by Gasteiger charge is 2.38. The molecule has 2 heterocycles. The smallest absolute Gasteiger partial charge is 0.335 e. The topological polar surface area (TPSA) is 50.2 Å². The Kier molecular flexibility index (Phi) is 6.15. The molecule has 2 amide bonds. The number of nitrogens with zero attached hydrogens (tertiary/aromatic N) is 3. The summed E-state index contributed by atoms with van der Waals surface area (Å²) in [6.45, 7) is 5.45. The number of benzene rings is 1. The number of rotatable bonds is 5. The zero-order chi connectivity index (χ0) is 20.3. The van der Waals surface area contributed by atoms with E-state index in [0.29, 0.717) is 37.0 Å². The van der Waals surface area contributed by atoms with Crippen LogP contribution in [0, 0.1) is 5.92 Å². The second kappa shape index (κ2) is 8.41. The molecular formula is C20H27F3N4O. The number of piperidine rings is 1. The lowest BCUT2D eigenvalue weighted by Gasteiger charge is -2.33. The van der Waals surface area contributed by atoms with Crippen LogP contribution in [0.3, 0.4) is 0 Å². The quantitative estimate of drug-likeness (QED) is 0.799. The number of likely N-dealkylation sites (tertiary alicyclic amines) is 1. The molecule has 154 valence electrons. The number of para-hydroxylation sites is 2. The molecule has 0 radical (unpaired) electrons. The molecule has 1 N–H and O–H groups in total. The van der Waals surface area contributed by atoms with Crippen molar-refractivity contribution < 1.29 is 18.0 Å². The lowest BCUT2D eigenvalue weighted by atomic mass is 9.96. The van der Waals surface area contributed by atoms with Gasteiger partial charge in [0.1, 0.15) is 0 Å². The number of hydrogen-bond donors (Lipinski definition) is 1. The lowest BCUT2D eigenvalue weighted by molar-refractivity contribution is -0.147. The van der Waals surface area contributed by atoms with Gasteiger partial charge in [0.05, 0.1) is 11.0 Å². The minimum Gasteiger partial charge on any atom is -0.335 e. The predicted octanol–water partition coefficient (Wildman–Crippen LogP) is 4.67. The number of carbonyl (C=O) groups excluding carboxylic acids is 1. The van der Waals surface area contributed by atoms with E-state index in [1.54, 1.807) is 29.2 Å². The summed E-state index contributed by atoms with van der Waals surface area (Å²) in [4.78, 5) is 17.9. The lowest BCUT2D eigenvalue weighted by Crippen LogP contribution is -2.48. The number of urea groups is 1. The summed E-state index contributed by atoms with van der Waals surface area (Å²) in [5, 5.41) is 3.02. The Balaban J connectivity index is 1.68. The minimum atomic E-state index is -4.49. The Morgan fingerprint density at radius 1 is 1.21 bits per heavy atom. The van der Waals surface area contributed by atoms with Crippen LogP contribution >= 0.6 is 0 Å². The third-order valence-electron chi connectivity index (χ3n) is 5.56. The first-order valence-electron chi connectivity index (χ1n) is 9.91. The van der Waals surface area contributed by atoms with E-state index in [0.717, 1.165) is 12.8 Å². The molecule has 0 unspecified atom stereocenters. The van der Waals surface area contributed by atoms with E-state index in [1.807, 2.05) is 13.8 Å². The van der Waals surface area contributed by atoms with Gasteiger partial charge in [0, 0.05) is 25.7 Å². The molecular weight excluding hydrogens is 369 g/mol. The maximum atomic E-state index is 13.5. The van der Waals surface area contributed by atoms with Gasteiger partial charge in [0.15, 0.2) is 0 Å². The van der Waals surface area contributed by atoms with Gasteiger partial charge in [-0.1, -0.05) is 26.0 Å². The maximum absolute atomic E-state index is 13.5. The molecule has 8 heteroatoms. The predicted molar refractivity (Wildman–Crippen MR) is 102 cm³/mol. The maximum Gasteiger partial charge on any atom is 0.449 e. The highest BCUT2D eigenvalue weighted by Crippen LogP contribution is 2.33. The molecule has 0 spiro atoms. The summed E-state index contributed by atoms with van der Waals surface area (Å²) < 4.78 is 41.6. The molecule has 0 bridgehead atoms. The molecule has 1 aromatic heterocycles. The van der Waals surface area contributed by atoms with Crippen molar-refractivity contribution in [1.29, 1.82) is 0 Å². The standard InChI is InChI=1S/C20H27F3N4O/c1-3-15(4-2)24-19(28)26-11-9-14(10-12-26)13-27-17-8-6-5-7-16(17)25-18(27)20(21,22)23/h5-8,14-15H,3-4,9-13H2,1-2H3,(H,24,28). The zero-order valence-corrected chi connectivity index (χ0v) is 16.3. The number of imidazole rings is 1. The fourth-order valence-electron chi connectivity index (χ4n) is 3.81. The van der Waals surface area contributed by atoms with E-state index in [4.69, 9.17) is 0 Å². The largest absolute Gasteiger partial charge is 0.449 e. The minimum absolute atomic E-state index is 0.0730. The summed E-state index contributed by atoms with van der Waals surface area (Å²) in [6.07, 6.45) is -1.37. The fourth-order valence-corrected chi connectivity index (χ4v) is 3.81. The fraction of sp³-hybridized carbons (Fsp3) is 0.600. The van der Waals surface area contributed by atoms with Crippen LogP contribution in [-0.4, -0.2) is 39.6 Å². The van der Waals surface area contributed by atoms with Crippen molar-refractivity contribution in [2.45, 2.75) is 58.3 Å². The molecule has 1 aliphatic heterocycles. The monoisotopic (exact) mass is 396 g/mol. The van der Waals surface area contributed by atoms with Crippen LogP contribution in [0.4, 0.5) is 18.0 Å². The average Bonchev–Trinajstić information content (AvgIpc) is 3.05. The van der Waals surface area contributed by atoms with Crippen LogP contribution in [0.15, 0.2) is 24.3 Å².